The maximum atomic E-state index is 10.7. The smallest absolute Gasteiger partial charge is 0.258 e. The van der Waals surface area contributed by atoms with Crippen molar-refractivity contribution in [1.29, 1.82) is 0 Å². The molecular formula is C9H10ClNO2S. The monoisotopic (exact) mass is 231 g/mol. The van der Waals surface area contributed by atoms with Crippen LogP contribution in [0.15, 0.2) is 23.1 Å². The molecule has 0 radical (unpaired) electrons. The van der Waals surface area contributed by atoms with Crippen LogP contribution >= 0.6 is 23.4 Å². The lowest BCUT2D eigenvalue weighted by Gasteiger charge is -2.05. The van der Waals surface area contributed by atoms with Crippen LogP contribution in [-0.2, 0) is 0 Å². The summed E-state index contributed by atoms with van der Waals surface area (Å²) in [6.45, 7) is 3.96. The second-order valence-electron chi connectivity index (χ2n) is 3.01. The molecule has 0 N–H and O–H groups in total. The van der Waals surface area contributed by atoms with E-state index >= 15 is 0 Å². The van der Waals surface area contributed by atoms with E-state index in [9.17, 15) is 10.1 Å². The Morgan fingerprint density at radius 3 is 2.64 bits per heavy atom. The molecule has 0 aliphatic carbocycles. The van der Waals surface area contributed by atoms with Crippen LogP contribution in [0.2, 0.25) is 5.02 Å². The Hall–Kier alpha value is -0.740. The SMILES string of the molecule is CC(C)Sc1cccc(Cl)c1[N+](=O)[O-]. The third-order valence-corrected chi connectivity index (χ3v) is 2.85. The largest absolute Gasteiger partial charge is 0.301 e. The average Bonchev–Trinajstić information content (AvgIpc) is 2.01. The van der Waals surface area contributed by atoms with E-state index in [0.717, 1.165) is 0 Å². The highest BCUT2D eigenvalue weighted by atomic mass is 35.5. The van der Waals surface area contributed by atoms with Gasteiger partial charge in [-0.2, -0.15) is 0 Å². The summed E-state index contributed by atoms with van der Waals surface area (Å²) in [6.07, 6.45) is 0. The fraction of sp³-hybridized carbons (Fsp3) is 0.333. The lowest BCUT2D eigenvalue weighted by molar-refractivity contribution is -0.387. The average molecular weight is 232 g/mol. The molecule has 14 heavy (non-hydrogen) atoms. The van der Waals surface area contributed by atoms with Crippen molar-refractivity contribution in [2.45, 2.75) is 24.0 Å². The van der Waals surface area contributed by atoms with Gasteiger partial charge in [0.25, 0.3) is 0 Å². The molecule has 1 aromatic carbocycles. The van der Waals surface area contributed by atoms with Crippen LogP contribution in [0.25, 0.3) is 0 Å². The topological polar surface area (TPSA) is 43.1 Å². The van der Waals surface area contributed by atoms with Gasteiger partial charge >= 0.3 is 5.69 Å². The first kappa shape index (κ1) is 11.3. The number of hydrogen-bond acceptors (Lipinski definition) is 3. The van der Waals surface area contributed by atoms with E-state index in [-0.39, 0.29) is 10.7 Å². The second-order valence-corrected chi connectivity index (χ2v) is 5.04. The normalized spacial score (nSPS) is 10.6. The number of para-hydroxylation sites is 1. The van der Waals surface area contributed by atoms with Gasteiger partial charge in [-0.1, -0.05) is 31.5 Å². The van der Waals surface area contributed by atoms with Crippen LogP contribution in [0, 0.1) is 10.1 Å². The number of thioether (sulfide) groups is 1. The Labute approximate surface area is 91.6 Å². The van der Waals surface area contributed by atoms with Gasteiger partial charge in [0, 0.05) is 5.25 Å². The van der Waals surface area contributed by atoms with E-state index < -0.39 is 4.92 Å². The van der Waals surface area contributed by atoms with E-state index in [4.69, 9.17) is 11.6 Å². The molecular weight excluding hydrogens is 222 g/mol. The molecule has 76 valence electrons. The predicted octanol–water partition coefficient (Wildman–Crippen LogP) is 3.75. The fourth-order valence-electron chi connectivity index (χ4n) is 1.02. The Kier molecular flexibility index (Phi) is 3.77. The number of nitrogens with zero attached hydrogens (tertiary/aromatic N) is 1. The van der Waals surface area contributed by atoms with Gasteiger partial charge in [-0.15, -0.1) is 11.8 Å². The van der Waals surface area contributed by atoms with Crippen molar-refractivity contribution >= 4 is 29.1 Å². The zero-order valence-electron chi connectivity index (χ0n) is 7.86. The van der Waals surface area contributed by atoms with Crippen molar-refractivity contribution in [2.75, 3.05) is 0 Å². The van der Waals surface area contributed by atoms with Crippen LogP contribution in [0.4, 0.5) is 5.69 Å². The zero-order valence-corrected chi connectivity index (χ0v) is 9.43. The quantitative estimate of drug-likeness (QED) is 0.452. The first-order valence-corrected chi connectivity index (χ1v) is 5.37. The van der Waals surface area contributed by atoms with Crippen molar-refractivity contribution in [2.24, 2.45) is 0 Å². The standard InChI is InChI=1S/C9H10ClNO2S/c1-6(2)14-8-5-3-4-7(10)9(8)11(12)13/h3-6H,1-2H3. The number of nitro benzene ring substituents is 1. The third-order valence-electron chi connectivity index (χ3n) is 1.50. The molecule has 1 aromatic rings. The summed E-state index contributed by atoms with van der Waals surface area (Å²) in [5, 5.41) is 11.2. The molecule has 0 atom stereocenters. The highest BCUT2D eigenvalue weighted by Crippen LogP contribution is 2.36. The van der Waals surface area contributed by atoms with Gasteiger partial charge < -0.3 is 0 Å². The van der Waals surface area contributed by atoms with Gasteiger partial charge in [0.05, 0.1) is 9.82 Å². The third kappa shape index (κ3) is 2.62. The lowest BCUT2D eigenvalue weighted by atomic mass is 10.3. The molecule has 0 bridgehead atoms. The van der Waals surface area contributed by atoms with Crippen molar-refractivity contribution in [3.63, 3.8) is 0 Å². The highest BCUT2D eigenvalue weighted by molar-refractivity contribution is 8.00. The zero-order chi connectivity index (χ0) is 10.7. The highest BCUT2D eigenvalue weighted by Gasteiger charge is 2.19. The van der Waals surface area contributed by atoms with Gasteiger partial charge in [-0.05, 0) is 12.1 Å². The lowest BCUT2D eigenvalue weighted by Crippen LogP contribution is -1.94. The minimum absolute atomic E-state index is 0.00728. The van der Waals surface area contributed by atoms with Crippen LogP contribution in [0.5, 0.6) is 0 Å². The van der Waals surface area contributed by atoms with Gasteiger partial charge in [0.1, 0.15) is 5.02 Å². The Bertz CT molecular complexity index is 355. The second kappa shape index (κ2) is 4.66. The summed E-state index contributed by atoms with van der Waals surface area (Å²) >= 11 is 7.19. The molecule has 0 saturated heterocycles. The molecule has 0 amide bonds. The van der Waals surface area contributed by atoms with Crippen LogP contribution in [-0.4, -0.2) is 10.2 Å². The Morgan fingerprint density at radius 1 is 1.50 bits per heavy atom. The maximum absolute atomic E-state index is 10.7. The van der Waals surface area contributed by atoms with Gasteiger partial charge in [-0.3, -0.25) is 10.1 Å². The number of rotatable bonds is 3. The molecule has 0 aliphatic rings. The van der Waals surface area contributed by atoms with E-state index in [2.05, 4.69) is 0 Å². The van der Waals surface area contributed by atoms with Crippen molar-refractivity contribution < 1.29 is 4.92 Å². The number of hydrogen-bond donors (Lipinski definition) is 0. The van der Waals surface area contributed by atoms with Crippen molar-refractivity contribution in [3.8, 4) is 0 Å². The van der Waals surface area contributed by atoms with Crippen LogP contribution in [0.1, 0.15) is 13.8 Å². The van der Waals surface area contributed by atoms with Crippen LogP contribution < -0.4 is 0 Å². The molecule has 3 nitrogen and oxygen atoms in total. The molecule has 5 heteroatoms. The van der Waals surface area contributed by atoms with E-state index in [1.807, 2.05) is 13.8 Å². The molecule has 0 saturated carbocycles. The first-order chi connectivity index (χ1) is 6.52. The molecule has 0 aromatic heterocycles. The molecule has 0 spiro atoms. The van der Waals surface area contributed by atoms with E-state index in [1.54, 1.807) is 12.1 Å². The van der Waals surface area contributed by atoms with E-state index in [1.165, 1.54) is 17.8 Å². The molecule has 0 aliphatic heterocycles. The minimum Gasteiger partial charge on any atom is -0.258 e. The first-order valence-electron chi connectivity index (χ1n) is 4.12. The van der Waals surface area contributed by atoms with Gasteiger partial charge in [-0.25, -0.2) is 0 Å². The van der Waals surface area contributed by atoms with Gasteiger partial charge in [0.15, 0.2) is 0 Å². The van der Waals surface area contributed by atoms with Gasteiger partial charge in [0.2, 0.25) is 0 Å². The molecule has 0 unspecified atom stereocenters. The number of nitro groups is 1. The minimum atomic E-state index is -0.437. The molecule has 0 heterocycles. The summed E-state index contributed by atoms with van der Waals surface area (Å²) in [4.78, 5) is 10.9. The summed E-state index contributed by atoms with van der Waals surface area (Å²) < 4.78 is 0. The Balaban J connectivity index is 3.14. The van der Waals surface area contributed by atoms with Crippen LogP contribution in [0.3, 0.4) is 0 Å². The summed E-state index contributed by atoms with van der Waals surface area (Å²) in [6, 6.07) is 4.97. The fourth-order valence-corrected chi connectivity index (χ4v) is 2.28. The molecule has 0 fully saturated rings. The summed E-state index contributed by atoms with van der Waals surface area (Å²) in [5.41, 5.74) is 0.00728. The summed E-state index contributed by atoms with van der Waals surface area (Å²) in [7, 11) is 0. The molecule has 1 rings (SSSR count). The maximum Gasteiger partial charge on any atom is 0.301 e. The van der Waals surface area contributed by atoms with Crippen molar-refractivity contribution in [3.05, 3.63) is 33.3 Å². The van der Waals surface area contributed by atoms with Crippen molar-refractivity contribution in [1.82, 2.24) is 0 Å². The van der Waals surface area contributed by atoms with E-state index in [0.29, 0.717) is 10.1 Å². The predicted molar refractivity (Wildman–Crippen MR) is 59.1 cm³/mol. The Morgan fingerprint density at radius 2 is 2.14 bits per heavy atom. The number of benzene rings is 1. The number of halogens is 1. The summed E-state index contributed by atoms with van der Waals surface area (Å²) in [5.74, 6) is 0.